The molecule has 3 aromatic heterocycles. The molecule has 6 heteroatoms. The fraction of sp³-hybridized carbons (Fsp3) is 0.571. The van der Waals surface area contributed by atoms with Crippen LogP contribution in [0.25, 0.3) is 43.9 Å². The smallest absolute Gasteiger partial charge is 0.0996 e. The minimum atomic E-state index is 0.271. The van der Waals surface area contributed by atoms with Gasteiger partial charge in [-0.3, -0.25) is 9.97 Å². The summed E-state index contributed by atoms with van der Waals surface area (Å²) in [6.07, 6.45) is 9.00. The normalized spacial score (nSPS) is 48.0. The third-order valence-electron chi connectivity index (χ3n) is 17.9. The zero-order chi connectivity index (χ0) is 31.6. The molecule has 0 radical (unpaired) electrons. The standard InChI is InChI=1S/C42H42N4O2/c1-41-33-23-11-24(34(33)42(41,2)36-26-12-25(35(36)41)31-17-7-8-18(32(26)31)28(16-48)27(17)15-47)22-14-30-29(13-21(22)23)45-39-19-5-3-9-43-37(19)38-20(40(39)46-30)6-4-10-44-38/h3-6,9-10,13-14,17-18,23-28,31-36,47-48H,7-8,11-12,15-16H2,1-2H3/t17-,18+,23+,24-,25-,26+,27-,28-,31+,32-,33+,34-,35-,36+,41+,42-/m1/s1. The van der Waals surface area contributed by atoms with Crippen molar-refractivity contribution in [1.82, 2.24) is 19.9 Å². The second-order valence-corrected chi connectivity index (χ2v) is 18.1. The summed E-state index contributed by atoms with van der Waals surface area (Å²) in [7, 11) is 0. The number of aliphatic hydroxyl groups is 2. The first-order valence-corrected chi connectivity index (χ1v) is 19.0. The zero-order valence-corrected chi connectivity index (χ0v) is 27.6. The van der Waals surface area contributed by atoms with Crippen LogP contribution in [-0.2, 0) is 0 Å². The van der Waals surface area contributed by atoms with Crippen LogP contribution in [0.3, 0.4) is 0 Å². The fourth-order valence-corrected chi connectivity index (χ4v) is 17.0. The monoisotopic (exact) mass is 634 g/mol. The van der Waals surface area contributed by atoms with E-state index in [0.29, 0.717) is 46.3 Å². The number of aromatic nitrogens is 4. The minimum Gasteiger partial charge on any atom is -0.396 e. The third-order valence-corrected chi connectivity index (χ3v) is 17.9. The molecule has 2 N–H and O–H groups in total. The van der Waals surface area contributed by atoms with Gasteiger partial charge in [-0.25, -0.2) is 9.97 Å². The topological polar surface area (TPSA) is 92.0 Å². The third kappa shape index (κ3) is 2.50. The lowest BCUT2D eigenvalue weighted by Crippen LogP contribution is -2.81. The first-order chi connectivity index (χ1) is 23.5. The number of pyridine rings is 2. The molecule has 0 unspecified atom stereocenters. The van der Waals surface area contributed by atoms with E-state index in [-0.39, 0.29) is 13.2 Å². The van der Waals surface area contributed by atoms with Crippen LogP contribution in [0.4, 0.5) is 0 Å². The highest BCUT2D eigenvalue weighted by atomic mass is 16.3. The Balaban J connectivity index is 0.941. The minimum absolute atomic E-state index is 0.271. The summed E-state index contributed by atoms with van der Waals surface area (Å²) in [6, 6.07) is 13.1. The van der Waals surface area contributed by atoms with Crippen molar-refractivity contribution in [3.05, 3.63) is 59.9 Å². The Morgan fingerprint density at radius 2 is 1.10 bits per heavy atom. The van der Waals surface area contributed by atoms with Crippen molar-refractivity contribution >= 4 is 43.9 Å². The van der Waals surface area contributed by atoms with Crippen LogP contribution in [0.15, 0.2) is 48.8 Å². The van der Waals surface area contributed by atoms with Crippen LogP contribution in [0.1, 0.15) is 62.5 Å². The Morgan fingerprint density at radius 3 is 1.56 bits per heavy atom. The average molecular weight is 635 g/mol. The molecule has 0 saturated heterocycles. The van der Waals surface area contributed by atoms with Gasteiger partial charge in [-0.05, 0) is 167 Å². The second-order valence-electron chi connectivity index (χ2n) is 18.1. The molecule has 9 aliphatic carbocycles. The predicted molar refractivity (Wildman–Crippen MR) is 184 cm³/mol. The van der Waals surface area contributed by atoms with Crippen LogP contribution in [-0.4, -0.2) is 43.4 Å². The maximum Gasteiger partial charge on any atom is 0.0996 e. The Kier molecular flexibility index (Phi) is 4.55. The zero-order valence-electron chi connectivity index (χ0n) is 27.6. The molecule has 5 aromatic rings. The molecule has 6 bridgehead atoms. The Hall–Kier alpha value is -3.22. The van der Waals surface area contributed by atoms with Gasteiger partial charge in [0.1, 0.15) is 0 Å². The Labute approximate surface area is 279 Å². The van der Waals surface area contributed by atoms with Crippen LogP contribution >= 0.6 is 0 Å². The van der Waals surface area contributed by atoms with Crippen molar-refractivity contribution in [3.8, 4) is 0 Å². The summed E-state index contributed by atoms with van der Waals surface area (Å²) in [6.45, 7) is 6.01. The molecule has 3 heterocycles. The number of rotatable bonds is 2. The molecule has 2 aromatic carbocycles. The molecule has 9 aliphatic rings. The molecule has 8 saturated carbocycles. The van der Waals surface area contributed by atoms with Gasteiger partial charge in [0.25, 0.3) is 0 Å². The number of benzene rings is 2. The largest absolute Gasteiger partial charge is 0.396 e. The van der Waals surface area contributed by atoms with Crippen LogP contribution < -0.4 is 0 Å². The second kappa shape index (κ2) is 8.21. The van der Waals surface area contributed by atoms with Gasteiger partial charge >= 0.3 is 0 Å². The summed E-state index contributed by atoms with van der Waals surface area (Å²) < 4.78 is 0. The van der Waals surface area contributed by atoms with Gasteiger partial charge in [-0.1, -0.05) is 13.8 Å². The van der Waals surface area contributed by atoms with Gasteiger partial charge in [0.05, 0.1) is 33.1 Å². The molecular weight excluding hydrogens is 592 g/mol. The molecule has 242 valence electrons. The van der Waals surface area contributed by atoms with Gasteiger partial charge in [0.15, 0.2) is 0 Å². The summed E-state index contributed by atoms with van der Waals surface area (Å²) in [4.78, 5) is 20.2. The van der Waals surface area contributed by atoms with E-state index >= 15 is 0 Å². The molecule has 8 fully saturated rings. The van der Waals surface area contributed by atoms with Crippen molar-refractivity contribution in [3.63, 3.8) is 0 Å². The molecular formula is C42H42N4O2. The number of nitrogens with zero attached hydrogens (tertiary/aromatic N) is 4. The maximum atomic E-state index is 10.5. The van der Waals surface area contributed by atoms with Crippen LogP contribution in [0.2, 0.25) is 0 Å². The molecule has 0 amide bonds. The van der Waals surface area contributed by atoms with E-state index < -0.39 is 0 Å². The summed E-state index contributed by atoms with van der Waals surface area (Å²) in [5, 5.41) is 23.1. The van der Waals surface area contributed by atoms with E-state index in [1.54, 1.807) is 11.1 Å². The summed E-state index contributed by atoms with van der Waals surface area (Å²) in [5.74, 6) is 9.72. The van der Waals surface area contributed by atoms with Gasteiger partial charge in [-0.15, -0.1) is 0 Å². The highest BCUT2D eigenvalue weighted by Gasteiger charge is 2.90. The van der Waals surface area contributed by atoms with Crippen LogP contribution in [0, 0.1) is 81.8 Å². The number of fused-ring (bicyclic) bond motifs is 27. The van der Waals surface area contributed by atoms with Gasteiger partial charge in [0, 0.05) is 36.4 Å². The van der Waals surface area contributed by atoms with Gasteiger partial charge < -0.3 is 10.2 Å². The van der Waals surface area contributed by atoms with Crippen molar-refractivity contribution in [2.45, 2.75) is 51.4 Å². The fourth-order valence-electron chi connectivity index (χ4n) is 17.0. The van der Waals surface area contributed by atoms with E-state index in [9.17, 15) is 10.2 Å². The summed E-state index contributed by atoms with van der Waals surface area (Å²) >= 11 is 0. The SMILES string of the molecule is C[C@@]12[C@H]3[C@H]4C[C@H]([C@@H]5[C@@H]6CC[C@@H]([C@@H](CO)[C@@H]6CO)[C@H]45)[C@H]3[C@]1(C)[C@@H]1[C@H]2[C@@H]2C[C@H]1c1cc3nc4c5cccnc5c5ncccc5c4nc3cc12. The first kappa shape index (κ1) is 26.6. The quantitative estimate of drug-likeness (QED) is 0.122. The van der Waals surface area contributed by atoms with Gasteiger partial charge in [0.2, 0.25) is 0 Å². The van der Waals surface area contributed by atoms with Crippen molar-refractivity contribution in [2.24, 2.45) is 81.8 Å². The first-order valence-electron chi connectivity index (χ1n) is 19.0. The lowest BCUT2D eigenvalue weighted by Gasteiger charge is -2.85. The Morgan fingerprint density at radius 1 is 0.625 bits per heavy atom. The highest BCUT2D eigenvalue weighted by molar-refractivity contribution is 6.21. The van der Waals surface area contributed by atoms with E-state index in [1.165, 1.54) is 25.7 Å². The average Bonchev–Trinajstić information content (AvgIpc) is 3.90. The van der Waals surface area contributed by atoms with Crippen molar-refractivity contribution < 1.29 is 10.2 Å². The number of aliphatic hydroxyl groups excluding tert-OH is 2. The molecule has 14 rings (SSSR count). The van der Waals surface area contributed by atoms with Gasteiger partial charge in [-0.2, -0.15) is 0 Å². The van der Waals surface area contributed by atoms with E-state index in [4.69, 9.17) is 19.9 Å². The molecule has 6 nitrogen and oxygen atoms in total. The summed E-state index contributed by atoms with van der Waals surface area (Å²) in [5.41, 5.74) is 9.68. The Bertz CT molecular complexity index is 2150. The van der Waals surface area contributed by atoms with E-state index in [0.717, 1.165) is 91.2 Å². The molecule has 0 aliphatic heterocycles. The van der Waals surface area contributed by atoms with E-state index in [2.05, 4.69) is 38.1 Å². The predicted octanol–water partition coefficient (Wildman–Crippen LogP) is 7.11. The molecule has 16 atom stereocenters. The lowest BCUT2D eigenvalue weighted by atomic mass is 9.18. The maximum absolute atomic E-state index is 10.5. The molecule has 0 spiro atoms. The van der Waals surface area contributed by atoms with Crippen LogP contribution in [0.5, 0.6) is 0 Å². The van der Waals surface area contributed by atoms with Crippen molar-refractivity contribution in [1.29, 1.82) is 0 Å². The lowest BCUT2D eigenvalue weighted by molar-refractivity contribution is -0.378. The highest BCUT2D eigenvalue weighted by Crippen LogP contribution is 2.95. The number of hydrogen-bond acceptors (Lipinski definition) is 6. The number of hydrogen-bond donors (Lipinski definition) is 2. The van der Waals surface area contributed by atoms with Crippen molar-refractivity contribution in [2.75, 3.05) is 13.2 Å². The van der Waals surface area contributed by atoms with E-state index in [1.807, 2.05) is 24.5 Å². The molecule has 48 heavy (non-hydrogen) atoms.